The maximum Gasteiger partial charge on any atom is 0.407 e. The lowest BCUT2D eigenvalue weighted by molar-refractivity contribution is 0.0504. The molecule has 2 atom stereocenters. The first-order valence-electron chi connectivity index (χ1n) is 6.57. The van der Waals surface area contributed by atoms with Gasteiger partial charge in [0.2, 0.25) is 0 Å². The van der Waals surface area contributed by atoms with Crippen molar-refractivity contribution in [2.24, 2.45) is 0 Å². The Kier molecular flexibility index (Phi) is 4.04. The van der Waals surface area contributed by atoms with E-state index in [9.17, 15) is 4.79 Å². The van der Waals surface area contributed by atoms with E-state index in [1.165, 1.54) is 0 Å². The maximum absolute atomic E-state index is 11.8. The summed E-state index contributed by atoms with van der Waals surface area (Å²) in [5.41, 5.74) is 0.518. The molecule has 2 N–H and O–H groups in total. The zero-order valence-electron chi connectivity index (χ0n) is 11.6. The van der Waals surface area contributed by atoms with Gasteiger partial charge in [-0.1, -0.05) is 6.07 Å². The van der Waals surface area contributed by atoms with Crippen molar-refractivity contribution in [2.45, 2.75) is 38.3 Å². The maximum atomic E-state index is 11.8. The van der Waals surface area contributed by atoms with Crippen LogP contribution in [0.25, 0.3) is 0 Å². The number of carbonyl (C=O) groups excluding carboxylic acids is 1. The second kappa shape index (κ2) is 5.57. The van der Waals surface area contributed by atoms with Gasteiger partial charge in [0.25, 0.3) is 0 Å². The van der Waals surface area contributed by atoms with Crippen molar-refractivity contribution in [3.63, 3.8) is 0 Å². The molecular formula is C14H21N3O2. The minimum Gasteiger partial charge on any atom is -0.444 e. The third-order valence-electron chi connectivity index (χ3n) is 2.98. The molecule has 5 heteroatoms. The predicted octanol–water partition coefficient (Wildman–Crippen LogP) is 1.66. The van der Waals surface area contributed by atoms with E-state index in [-0.39, 0.29) is 18.1 Å². The van der Waals surface area contributed by atoms with Gasteiger partial charge in [-0.3, -0.25) is 4.98 Å². The molecular weight excluding hydrogens is 242 g/mol. The molecule has 0 saturated carbocycles. The number of hydrogen-bond acceptors (Lipinski definition) is 4. The number of alkyl carbamates (subject to hydrolysis) is 1. The molecule has 5 nitrogen and oxygen atoms in total. The Morgan fingerprint density at radius 2 is 2.21 bits per heavy atom. The van der Waals surface area contributed by atoms with Crippen molar-refractivity contribution in [3.05, 3.63) is 30.1 Å². The first-order valence-corrected chi connectivity index (χ1v) is 6.57. The van der Waals surface area contributed by atoms with Gasteiger partial charge in [0.15, 0.2) is 0 Å². The minimum absolute atomic E-state index is 0.0183. The molecule has 0 bridgehead atoms. The van der Waals surface area contributed by atoms with Crippen LogP contribution in [0.5, 0.6) is 0 Å². The third kappa shape index (κ3) is 3.92. The van der Waals surface area contributed by atoms with Gasteiger partial charge in [-0.05, 0) is 32.9 Å². The summed E-state index contributed by atoms with van der Waals surface area (Å²) < 4.78 is 5.29. The fraction of sp³-hybridized carbons (Fsp3) is 0.571. The third-order valence-corrected chi connectivity index (χ3v) is 2.98. The minimum atomic E-state index is -0.476. The molecule has 0 unspecified atom stereocenters. The van der Waals surface area contributed by atoms with E-state index in [4.69, 9.17) is 4.74 Å². The molecule has 2 rings (SSSR count). The van der Waals surface area contributed by atoms with E-state index in [2.05, 4.69) is 15.6 Å². The van der Waals surface area contributed by atoms with Crippen LogP contribution in [0.3, 0.4) is 0 Å². The standard InChI is InChI=1S/C14H21N3O2/c1-14(2,3)19-13(18)17-12-9-15-8-10(12)11-6-4-5-7-16-11/h4-7,10,12,15H,8-9H2,1-3H3,(H,17,18)/t10-,12+/m1/s1. The summed E-state index contributed by atoms with van der Waals surface area (Å²) in [5.74, 6) is 0.189. The highest BCUT2D eigenvalue weighted by Crippen LogP contribution is 2.21. The smallest absolute Gasteiger partial charge is 0.407 e. The van der Waals surface area contributed by atoms with Crippen molar-refractivity contribution in [3.8, 4) is 0 Å². The van der Waals surface area contributed by atoms with Crippen LogP contribution in [0.15, 0.2) is 24.4 Å². The summed E-state index contributed by atoms with van der Waals surface area (Å²) in [6, 6.07) is 5.86. The normalized spacial score (nSPS) is 23.1. The van der Waals surface area contributed by atoms with E-state index in [1.807, 2.05) is 39.0 Å². The van der Waals surface area contributed by atoms with Crippen LogP contribution in [0.2, 0.25) is 0 Å². The van der Waals surface area contributed by atoms with Crippen LogP contribution >= 0.6 is 0 Å². The largest absolute Gasteiger partial charge is 0.444 e. The lowest BCUT2D eigenvalue weighted by Gasteiger charge is -2.24. The number of rotatable bonds is 2. The molecule has 1 aliphatic heterocycles. The zero-order valence-corrected chi connectivity index (χ0v) is 11.6. The van der Waals surface area contributed by atoms with E-state index < -0.39 is 5.60 Å². The van der Waals surface area contributed by atoms with Crippen molar-refractivity contribution in [1.29, 1.82) is 0 Å². The Labute approximate surface area is 113 Å². The Balaban J connectivity index is 1.98. The first-order chi connectivity index (χ1) is 8.96. The van der Waals surface area contributed by atoms with E-state index in [0.29, 0.717) is 0 Å². The van der Waals surface area contributed by atoms with Gasteiger partial charge in [-0.2, -0.15) is 0 Å². The SMILES string of the molecule is CC(C)(C)OC(=O)N[C@H]1CNC[C@@H]1c1ccccn1. The Bertz CT molecular complexity index is 428. The highest BCUT2D eigenvalue weighted by Gasteiger charge is 2.31. The van der Waals surface area contributed by atoms with Crippen LogP contribution in [-0.2, 0) is 4.74 Å². The van der Waals surface area contributed by atoms with Gasteiger partial charge in [0, 0.05) is 30.9 Å². The lowest BCUT2D eigenvalue weighted by atomic mass is 9.99. The molecule has 0 spiro atoms. The molecule has 0 aromatic carbocycles. The van der Waals surface area contributed by atoms with Gasteiger partial charge in [0.1, 0.15) is 5.60 Å². The molecule has 1 fully saturated rings. The summed E-state index contributed by atoms with van der Waals surface area (Å²) in [7, 11) is 0. The summed E-state index contributed by atoms with van der Waals surface area (Å²) >= 11 is 0. The number of aromatic nitrogens is 1. The molecule has 1 aromatic heterocycles. The van der Waals surface area contributed by atoms with E-state index >= 15 is 0 Å². The summed E-state index contributed by atoms with van der Waals surface area (Å²) in [5, 5.41) is 6.20. The van der Waals surface area contributed by atoms with Crippen molar-refractivity contribution in [1.82, 2.24) is 15.6 Å². The highest BCUT2D eigenvalue weighted by molar-refractivity contribution is 5.68. The Hall–Kier alpha value is -1.62. The monoisotopic (exact) mass is 263 g/mol. The number of carbonyl (C=O) groups is 1. The molecule has 2 heterocycles. The van der Waals surface area contributed by atoms with Gasteiger partial charge < -0.3 is 15.4 Å². The van der Waals surface area contributed by atoms with E-state index in [0.717, 1.165) is 18.8 Å². The lowest BCUT2D eigenvalue weighted by Crippen LogP contribution is -2.42. The number of nitrogens with one attached hydrogen (secondary N) is 2. The molecule has 1 aliphatic rings. The van der Waals surface area contributed by atoms with E-state index in [1.54, 1.807) is 6.20 Å². The van der Waals surface area contributed by atoms with Gasteiger partial charge in [-0.25, -0.2) is 4.79 Å². The van der Waals surface area contributed by atoms with Gasteiger partial charge in [-0.15, -0.1) is 0 Å². The Morgan fingerprint density at radius 1 is 1.42 bits per heavy atom. The molecule has 1 saturated heterocycles. The summed E-state index contributed by atoms with van der Waals surface area (Å²) in [6.07, 6.45) is 1.40. The van der Waals surface area contributed by atoms with Crippen LogP contribution in [0, 0.1) is 0 Å². The molecule has 104 valence electrons. The first kappa shape index (κ1) is 13.8. The average molecular weight is 263 g/mol. The summed E-state index contributed by atoms with van der Waals surface area (Å²) in [6.45, 7) is 7.12. The van der Waals surface area contributed by atoms with Crippen molar-refractivity contribution < 1.29 is 9.53 Å². The van der Waals surface area contributed by atoms with Gasteiger partial charge in [0.05, 0.1) is 6.04 Å². The van der Waals surface area contributed by atoms with Crippen LogP contribution in [0.1, 0.15) is 32.4 Å². The quantitative estimate of drug-likeness (QED) is 0.852. The van der Waals surface area contributed by atoms with Crippen molar-refractivity contribution >= 4 is 6.09 Å². The fourth-order valence-electron chi connectivity index (χ4n) is 2.20. The number of pyridine rings is 1. The van der Waals surface area contributed by atoms with Crippen molar-refractivity contribution in [2.75, 3.05) is 13.1 Å². The number of amides is 1. The number of hydrogen-bond donors (Lipinski definition) is 2. The molecule has 19 heavy (non-hydrogen) atoms. The molecule has 1 aromatic rings. The Morgan fingerprint density at radius 3 is 2.84 bits per heavy atom. The topological polar surface area (TPSA) is 63.2 Å². The fourth-order valence-corrected chi connectivity index (χ4v) is 2.20. The van der Waals surface area contributed by atoms with Gasteiger partial charge >= 0.3 is 6.09 Å². The van der Waals surface area contributed by atoms with Crippen LogP contribution < -0.4 is 10.6 Å². The second-order valence-electron chi connectivity index (χ2n) is 5.77. The zero-order chi connectivity index (χ0) is 13.9. The average Bonchev–Trinajstić information content (AvgIpc) is 2.75. The van der Waals surface area contributed by atoms with Crippen LogP contribution in [0.4, 0.5) is 4.79 Å². The second-order valence-corrected chi connectivity index (χ2v) is 5.77. The summed E-state index contributed by atoms with van der Waals surface area (Å²) in [4.78, 5) is 16.2. The molecule has 1 amide bonds. The van der Waals surface area contributed by atoms with Crippen LogP contribution in [-0.4, -0.2) is 35.8 Å². The highest BCUT2D eigenvalue weighted by atomic mass is 16.6. The molecule has 0 aliphatic carbocycles. The predicted molar refractivity (Wildman–Crippen MR) is 73.0 cm³/mol. The number of ether oxygens (including phenoxy) is 1. The molecule has 0 radical (unpaired) electrons. The number of nitrogens with zero attached hydrogens (tertiary/aromatic N) is 1.